The highest BCUT2D eigenvalue weighted by molar-refractivity contribution is 6.62. The van der Waals surface area contributed by atoms with Gasteiger partial charge in [0.15, 0.2) is 0 Å². The number of rotatable bonds is 1. The van der Waals surface area contributed by atoms with Gasteiger partial charge in [0.25, 0.3) is 0 Å². The Labute approximate surface area is 161 Å². The van der Waals surface area contributed by atoms with Gasteiger partial charge in [-0.25, -0.2) is 0 Å². The van der Waals surface area contributed by atoms with Gasteiger partial charge in [0.05, 0.1) is 19.4 Å². The molecule has 1 saturated heterocycles. The Morgan fingerprint density at radius 1 is 0.846 bits per heavy atom. The lowest BCUT2D eigenvalue weighted by Crippen LogP contribution is -2.41. The Morgan fingerprint density at radius 3 is 2.19 bits per heavy atom. The van der Waals surface area contributed by atoms with Crippen molar-refractivity contribution in [2.45, 2.75) is 38.9 Å². The van der Waals surface area contributed by atoms with Gasteiger partial charge in [0.1, 0.15) is 11.2 Å². The third kappa shape index (κ3) is 2.22. The second kappa shape index (κ2) is 5.12. The van der Waals surface area contributed by atoms with Gasteiger partial charge in [0, 0.05) is 10.8 Å². The molecule has 0 atom stereocenters. The van der Waals surface area contributed by atoms with Gasteiger partial charge in [0.2, 0.25) is 0 Å². The van der Waals surface area contributed by atoms with Gasteiger partial charge in [-0.05, 0) is 62.1 Å². The highest BCUT2D eigenvalue weighted by Crippen LogP contribution is 2.37. The van der Waals surface area contributed by atoms with Crippen LogP contribution < -0.4 is 5.46 Å². The fourth-order valence-electron chi connectivity index (χ4n) is 3.19. The van der Waals surface area contributed by atoms with E-state index in [0.717, 1.165) is 5.46 Å². The van der Waals surface area contributed by atoms with Crippen LogP contribution in [-0.2, 0) is 9.31 Å². The molecule has 0 amide bonds. The largest absolute Gasteiger partial charge is 0.494 e. The van der Waals surface area contributed by atoms with Crippen molar-refractivity contribution in [3.63, 3.8) is 0 Å². The van der Waals surface area contributed by atoms with Crippen LogP contribution in [0.5, 0.6) is 0 Å². The lowest BCUT2D eigenvalue weighted by atomic mass is 9.79. The standard InChI is InChI=1S/C22H21BO3/c1-21(2)22(3,4)26-23(25-21)16-9-10-17-18-11-14-7-5-6-8-15(14)12-19(18)24-20(17)13-16/h5-13H,1-4H3/i5D,6D,7D,8D,11D,12D. The van der Waals surface area contributed by atoms with E-state index in [9.17, 15) is 0 Å². The Morgan fingerprint density at radius 2 is 1.50 bits per heavy atom. The monoisotopic (exact) mass is 350 g/mol. The van der Waals surface area contributed by atoms with Crippen LogP contribution in [0.4, 0.5) is 0 Å². The van der Waals surface area contributed by atoms with Gasteiger partial charge in [-0.3, -0.25) is 0 Å². The summed E-state index contributed by atoms with van der Waals surface area (Å²) in [6.07, 6.45) is 0. The first kappa shape index (κ1) is 10.8. The van der Waals surface area contributed by atoms with E-state index in [1.165, 1.54) is 0 Å². The van der Waals surface area contributed by atoms with Crippen LogP contribution in [0.3, 0.4) is 0 Å². The summed E-state index contributed by atoms with van der Waals surface area (Å²) in [7, 11) is -0.598. The van der Waals surface area contributed by atoms with E-state index < -0.39 is 30.4 Å². The molecular formula is C22H21BO3. The molecule has 5 rings (SSSR count). The summed E-state index contributed by atoms with van der Waals surface area (Å²) < 4.78 is 67.9. The third-order valence-corrected chi connectivity index (χ3v) is 5.42. The summed E-state index contributed by atoms with van der Waals surface area (Å²) >= 11 is 0. The van der Waals surface area contributed by atoms with E-state index in [4.69, 9.17) is 22.0 Å². The smallest absolute Gasteiger partial charge is 0.456 e. The SMILES string of the molecule is [2H]c1c([2H])c([2H])c2c([2H])c3c(oc4cc(B5OC(C)(C)C(C)(C)O5)ccc43)c([2H])c2c1[2H]. The Balaban J connectivity index is 1.79. The predicted octanol–water partition coefficient (Wildman–Crippen LogP) is 5.04. The highest BCUT2D eigenvalue weighted by Gasteiger charge is 2.51. The van der Waals surface area contributed by atoms with Crippen LogP contribution in [0.1, 0.15) is 35.9 Å². The summed E-state index contributed by atoms with van der Waals surface area (Å²) in [5.74, 6) is 0. The van der Waals surface area contributed by atoms with Crippen molar-refractivity contribution in [2.24, 2.45) is 0 Å². The Hall–Kier alpha value is -2.30. The molecule has 0 radical (unpaired) electrons. The van der Waals surface area contributed by atoms with Crippen molar-refractivity contribution in [3.05, 3.63) is 54.5 Å². The van der Waals surface area contributed by atoms with E-state index >= 15 is 0 Å². The lowest BCUT2D eigenvalue weighted by Gasteiger charge is -2.32. The van der Waals surface area contributed by atoms with Crippen LogP contribution in [0.25, 0.3) is 32.7 Å². The van der Waals surface area contributed by atoms with Crippen molar-refractivity contribution in [2.75, 3.05) is 0 Å². The maximum Gasteiger partial charge on any atom is 0.494 e. The lowest BCUT2D eigenvalue weighted by molar-refractivity contribution is 0.00578. The van der Waals surface area contributed by atoms with E-state index in [1.54, 1.807) is 12.1 Å². The number of furan rings is 1. The zero-order chi connectivity index (χ0) is 23.3. The van der Waals surface area contributed by atoms with Gasteiger partial charge >= 0.3 is 7.12 Å². The molecule has 0 spiro atoms. The number of hydrogen-bond acceptors (Lipinski definition) is 3. The first-order valence-electron chi connectivity index (χ1n) is 11.6. The minimum Gasteiger partial charge on any atom is -0.456 e. The van der Waals surface area contributed by atoms with Gasteiger partial charge in [-0.15, -0.1) is 0 Å². The molecule has 1 aliphatic rings. The summed E-state index contributed by atoms with van der Waals surface area (Å²) in [6.45, 7) is 7.87. The molecule has 0 bridgehead atoms. The summed E-state index contributed by atoms with van der Waals surface area (Å²) in [4.78, 5) is 0. The van der Waals surface area contributed by atoms with Gasteiger partial charge in [-0.2, -0.15) is 0 Å². The summed E-state index contributed by atoms with van der Waals surface area (Å²) in [5, 5.41) is 0.945. The zero-order valence-electron chi connectivity index (χ0n) is 21.0. The number of benzene rings is 3. The molecule has 3 nitrogen and oxygen atoms in total. The molecule has 4 aromatic rings. The molecule has 0 saturated carbocycles. The molecule has 0 aliphatic carbocycles. The van der Waals surface area contributed by atoms with Crippen LogP contribution in [0.2, 0.25) is 0 Å². The normalized spacial score (nSPS) is 22.2. The highest BCUT2D eigenvalue weighted by atomic mass is 16.7. The van der Waals surface area contributed by atoms with E-state index in [-0.39, 0.29) is 40.5 Å². The van der Waals surface area contributed by atoms with Crippen molar-refractivity contribution in [1.82, 2.24) is 0 Å². The maximum absolute atomic E-state index is 8.72. The van der Waals surface area contributed by atoms with Gasteiger partial charge in [-0.1, -0.05) is 36.3 Å². The van der Waals surface area contributed by atoms with Crippen molar-refractivity contribution < 1.29 is 22.0 Å². The molecule has 2 heterocycles. The fraction of sp³-hybridized carbons (Fsp3) is 0.273. The van der Waals surface area contributed by atoms with E-state index in [1.807, 2.05) is 33.8 Å². The molecule has 1 aromatic heterocycles. The maximum atomic E-state index is 8.72. The van der Waals surface area contributed by atoms with E-state index in [0.29, 0.717) is 16.4 Å². The topological polar surface area (TPSA) is 31.6 Å². The average Bonchev–Trinajstić information content (AvgIpc) is 3.21. The van der Waals surface area contributed by atoms with Gasteiger partial charge < -0.3 is 13.7 Å². The van der Waals surface area contributed by atoms with E-state index in [2.05, 4.69) is 0 Å². The molecule has 130 valence electrons. The summed E-state index contributed by atoms with van der Waals surface area (Å²) in [5.41, 5.74) is 0.283. The quantitative estimate of drug-likeness (QED) is 0.451. The number of hydrogen-bond donors (Lipinski definition) is 0. The van der Waals surface area contributed by atoms with Crippen LogP contribution >= 0.6 is 0 Å². The molecule has 26 heavy (non-hydrogen) atoms. The first-order chi connectivity index (χ1) is 14.9. The van der Waals surface area contributed by atoms with Crippen molar-refractivity contribution >= 4 is 45.3 Å². The Kier molecular flexibility index (Phi) is 2.12. The second-order valence-corrected chi connectivity index (χ2v) is 7.65. The minimum absolute atomic E-state index is 0.0151. The zero-order valence-corrected chi connectivity index (χ0v) is 15.0. The number of fused-ring (bicyclic) bond motifs is 4. The molecule has 0 N–H and O–H groups in total. The third-order valence-electron chi connectivity index (χ3n) is 5.42. The first-order valence-corrected chi connectivity index (χ1v) is 8.56. The van der Waals surface area contributed by atoms with Crippen molar-refractivity contribution in [1.29, 1.82) is 0 Å². The fourth-order valence-corrected chi connectivity index (χ4v) is 3.19. The molecular weight excluding hydrogens is 323 g/mol. The Bertz CT molecular complexity index is 1440. The molecule has 4 heteroatoms. The molecule has 3 aromatic carbocycles. The average molecular weight is 350 g/mol. The van der Waals surface area contributed by atoms with Crippen LogP contribution in [0, 0.1) is 0 Å². The van der Waals surface area contributed by atoms with Crippen molar-refractivity contribution in [3.8, 4) is 0 Å². The molecule has 0 unspecified atom stereocenters. The molecule has 1 fully saturated rings. The second-order valence-electron chi connectivity index (χ2n) is 7.65. The minimum atomic E-state index is -0.598. The van der Waals surface area contributed by atoms with Crippen LogP contribution in [-0.4, -0.2) is 18.3 Å². The molecule has 1 aliphatic heterocycles. The predicted molar refractivity (Wildman–Crippen MR) is 107 cm³/mol. The summed E-state index contributed by atoms with van der Waals surface area (Å²) in [6, 6.07) is 3.58. The van der Waals surface area contributed by atoms with Crippen LogP contribution in [0.15, 0.2) is 58.9 Å².